The summed E-state index contributed by atoms with van der Waals surface area (Å²) >= 11 is 0. The van der Waals surface area contributed by atoms with Crippen molar-refractivity contribution in [1.29, 1.82) is 0 Å². The summed E-state index contributed by atoms with van der Waals surface area (Å²) in [6.07, 6.45) is 9.56. The molecule has 0 aromatic heterocycles. The molecule has 94 valence electrons. The SMILES string of the molecule is CCC/C=C/C(=O)C(F)CCCCCCC. The molecule has 1 nitrogen and oxygen atoms in total. The molecule has 0 rings (SSSR count). The largest absolute Gasteiger partial charge is 0.292 e. The molecule has 0 aliphatic rings. The topological polar surface area (TPSA) is 17.1 Å². The summed E-state index contributed by atoms with van der Waals surface area (Å²) in [5.41, 5.74) is 0. The van der Waals surface area contributed by atoms with E-state index in [4.69, 9.17) is 0 Å². The Morgan fingerprint density at radius 1 is 1.12 bits per heavy atom. The van der Waals surface area contributed by atoms with Gasteiger partial charge in [-0.2, -0.15) is 0 Å². The zero-order valence-corrected chi connectivity index (χ0v) is 10.7. The van der Waals surface area contributed by atoms with E-state index in [1.54, 1.807) is 6.08 Å². The fourth-order valence-electron chi connectivity index (χ4n) is 1.54. The van der Waals surface area contributed by atoms with Crippen molar-refractivity contribution in [1.82, 2.24) is 0 Å². The minimum absolute atomic E-state index is 0.357. The van der Waals surface area contributed by atoms with Gasteiger partial charge in [-0.25, -0.2) is 4.39 Å². The maximum Gasteiger partial charge on any atom is 0.189 e. The van der Waals surface area contributed by atoms with Gasteiger partial charge < -0.3 is 0 Å². The van der Waals surface area contributed by atoms with E-state index in [1.165, 1.54) is 18.9 Å². The van der Waals surface area contributed by atoms with Crippen LogP contribution in [-0.4, -0.2) is 12.0 Å². The number of halogens is 1. The lowest BCUT2D eigenvalue weighted by Crippen LogP contribution is -2.12. The molecule has 0 amide bonds. The van der Waals surface area contributed by atoms with E-state index in [9.17, 15) is 9.18 Å². The Bertz CT molecular complexity index is 199. The second-order valence-corrected chi connectivity index (χ2v) is 4.26. The van der Waals surface area contributed by atoms with Crippen LogP contribution in [0.15, 0.2) is 12.2 Å². The Balaban J connectivity index is 3.55. The van der Waals surface area contributed by atoms with E-state index >= 15 is 0 Å². The van der Waals surface area contributed by atoms with Gasteiger partial charge in [0.1, 0.15) is 0 Å². The lowest BCUT2D eigenvalue weighted by Gasteiger charge is -2.04. The van der Waals surface area contributed by atoms with Gasteiger partial charge in [-0.1, -0.05) is 58.4 Å². The van der Waals surface area contributed by atoms with Crippen LogP contribution in [0.2, 0.25) is 0 Å². The van der Waals surface area contributed by atoms with Gasteiger partial charge in [-0.05, 0) is 18.9 Å². The molecule has 0 bridgehead atoms. The minimum Gasteiger partial charge on any atom is -0.292 e. The normalized spacial score (nSPS) is 13.2. The van der Waals surface area contributed by atoms with Crippen LogP contribution < -0.4 is 0 Å². The second kappa shape index (κ2) is 10.8. The molecule has 2 heteroatoms. The highest BCUT2D eigenvalue weighted by Gasteiger charge is 2.12. The standard InChI is InChI=1S/C14H25FO/c1-3-5-7-8-10-11-13(15)14(16)12-9-6-4-2/h9,12-13H,3-8,10-11H2,1-2H3/b12-9+. The molecule has 0 saturated carbocycles. The van der Waals surface area contributed by atoms with E-state index in [-0.39, 0.29) is 5.78 Å². The van der Waals surface area contributed by atoms with Crippen molar-refractivity contribution in [2.75, 3.05) is 0 Å². The van der Waals surface area contributed by atoms with E-state index in [2.05, 4.69) is 6.92 Å². The summed E-state index contributed by atoms with van der Waals surface area (Å²) in [7, 11) is 0. The Morgan fingerprint density at radius 2 is 1.81 bits per heavy atom. The van der Waals surface area contributed by atoms with Gasteiger partial charge in [0.05, 0.1) is 0 Å². The van der Waals surface area contributed by atoms with Gasteiger partial charge in [0.25, 0.3) is 0 Å². The molecule has 0 fully saturated rings. The number of hydrogen-bond donors (Lipinski definition) is 0. The van der Waals surface area contributed by atoms with Crippen LogP contribution in [0.3, 0.4) is 0 Å². The summed E-state index contributed by atoms with van der Waals surface area (Å²) in [6.45, 7) is 4.19. The van der Waals surface area contributed by atoms with Crippen molar-refractivity contribution in [3.8, 4) is 0 Å². The lowest BCUT2D eigenvalue weighted by molar-refractivity contribution is -0.119. The van der Waals surface area contributed by atoms with Gasteiger partial charge >= 0.3 is 0 Å². The first kappa shape index (κ1) is 15.3. The molecule has 0 heterocycles. The van der Waals surface area contributed by atoms with Gasteiger partial charge in [0, 0.05) is 0 Å². The van der Waals surface area contributed by atoms with E-state index in [0.29, 0.717) is 6.42 Å². The lowest BCUT2D eigenvalue weighted by atomic mass is 10.1. The quantitative estimate of drug-likeness (QED) is 0.394. The van der Waals surface area contributed by atoms with Crippen LogP contribution in [-0.2, 0) is 4.79 Å². The Kier molecular flexibility index (Phi) is 10.4. The highest BCUT2D eigenvalue weighted by atomic mass is 19.1. The predicted octanol–water partition coefficient (Wildman–Crippen LogP) is 4.61. The van der Waals surface area contributed by atoms with Crippen molar-refractivity contribution in [2.45, 2.75) is 71.4 Å². The first-order valence-electron chi connectivity index (χ1n) is 6.56. The van der Waals surface area contributed by atoms with Gasteiger partial charge in [0.15, 0.2) is 12.0 Å². The third-order valence-corrected chi connectivity index (χ3v) is 2.61. The van der Waals surface area contributed by atoms with Crippen LogP contribution in [0.1, 0.15) is 65.2 Å². The van der Waals surface area contributed by atoms with Crippen molar-refractivity contribution < 1.29 is 9.18 Å². The van der Waals surface area contributed by atoms with Crippen LogP contribution in [0.5, 0.6) is 0 Å². The Hall–Kier alpha value is -0.660. The minimum atomic E-state index is -1.28. The molecule has 0 aromatic rings. The number of rotatable bonds is 10. The average molecular weight is 228 g/mol. The van der Waals surface area contributed by atoms with Gasteiger partial charge in [-0.3, -0.25) is 4.79 Å². The molecular weight excluding hydrogens is 203 g/mol. The van der Waals surface area contributed by atoms with E-state index < -0.39 is 6.17 Å². The van der Waals surface area contributed by atoms with Crippen molar-refractivity contribution in [3.63, 3.8) is 0 Å². The summed E-state index contributed by atoms with van der Waals surface area (Å²) in [5, 5.41) is 0. The maximum absolute atomic E-state index is 13.3. The number of ketones is 1. The van der Waals surface area contributed by atoms with Crippen molar-refractivity contribution >= 4 is 5.78 Å². The van der Waals surface area contributed by atoms with Crippen molar-refractivity contribution in [2.24, 2.45) is 0 Å². The number of carbonyl (C=O) groups excluding carboxylic acids is 1. The summed E-state index contributed by atoms with van der Waals surface area (Å²) in [6, 6.07) is 0. The molecule has 0 saturated heterocycles. The molecule has 0 aliphatic carbocycles. The van der Waals surface area contributed by atoms with Crippen LogP contribution >= 0.6 is 0 Å². The van der Waals surface area contributed by atoms with Crippen LogP contribution in [0.25, 0.3) is 0 Å². The maximum atomic E-state index is 13.3. The molecule has 0 N–H and O–H groups in total. The molecule has 16 heavy (non-hydrogen) atoms. The first-order chi connectivity index (χ1) is 7.72. The summed E-state index contributed by atoms with van der Waals surface area (Å²) in [4.78, 5) is 11.3. The third kappa shape index (κ3) is 8.63. The summed E-state index contributed by atoms with van der Waals surface area (Å²) in [5.74, 6) is -0.357. The zero-order valence-electron chi connectivity index (χ0n) is 10.7. The highest BCUT2D eigenvalue weighted by Crippen LogP contribution is 2.10. The van der Waals surface area contributed by atoms with Crippen molar-refractivity contribution in [3.05, 3.63) is 12.2 Å². The number of alkyl halides is 1. The van der Waals surface area contributed by atoms with Gasteiger partial charge in [-0.15, -0.1) is 0 Å². The van der Waals surface area contributed by atoms with Crippen LogP contribution in [0, 0.1) is 0 Å². The molecule has 0 aromatic carbocycles. The predicted molar refractivity (Wildman–Crippen MR) is 67.3 cm³/mol. The number of hydrogen-bond acceptors (Lipinski definition) is 1. The number of carbonyl (C=O) groups is 1. The first-order valence-corrected chi connectivity index (χ1v) is 6.56. The zero-order chi connectivity index (χ0) is 12.2. The fourth-order valence-corrected chi connectivity index (χ4v) is 1.54. The van der Waals surface area contributed by atoms with Gasteiger partial charge in [0.2, 0.25) is 0 Å². The molecule has 0 spiro atoms. The summed E-state index contributed by atoms with van der Waals surface area (Å²) < 4.78 is 13.3. The van der Waals surface area contributed by atoms with E-state index in [1.807, 2.05) is 6.92 Å². The Labute approximate surface area is 99.1 Å². The molecule has 1 atom stereocenters. The average Bonchev–Trinajstić information content (AvgIpc) is 2.28. The Morgan fingerprint density at radius 3 is 2.44 bits per heavy atom. The molecule has 1 unspecified atom stereocenters. The smallest absolute Gasteiger partial charge is 0.189 e. The fraction of sp³-hybridized carbons (Fsp3) is 0.786. The van der Waals surface area contributed by atoms with E-state index in [0.717, 1.165) is 32.1 Å². The number of unbranched alkanes of at least 4 members (excludes halogenated alkanes) is 5. The highest BCUT2D eigenvalue weighted by molar-refractivity contribution is 5.93. The second-order valence-electron chi connectivity index (χ2n) is 4.26. The third-order valence-electron chi connectivity index (χ3n) is 2.61. The molecule has 0 radical (unpaired) electrons. The van der Waals surface area contributed by atoms with Crippen LogP contribution in [0.4, 0.5) is 4.39 Å². The number of allylic oxidation sites excluding steroid dienone is 2. The monoisotopic (exact) mass is 228 g/mol. The molecule has 0 aliphatic heterocycles. The molecular formula is C14H25FO.